The minimum Gasteiger partial charge on any atom is -0.353 e. The smallest absolute Gasteiger partial charge is 0.142 e. The Labute approximate surface area is 158 Å². The van der Waals surface area contributed by atoms with Gasteiger partial charge in [0, 0.05) is 18.4 Å². The highest BCUT2D eigenvalue weighted by molar-refractivity contribution is 5.88. The Hall–Kier alpha value is -2.69. The van der Waals surface area contributed by atoms with E-state index in [1.54, 1.807) is 0 Å². The molecule has 2 aromatic heterocycles. The summed E-state index contributed by atoms with van der Waals surface area (Å²) >= 11 is 0. The molecule has 3 heterocycles. The molecule has 1 aliphatic heterocycles. The summed E-state index contributed by atoms with van der Waals surface area (Å²) in [7, 11) is 0. The molecule has 138 valence electrons. The largest absolute Gasteiger partial charge is 0.353 e. The third-order valence-electron chi connectivity index (χ3n) is 5.64. The zero-order chi connectivity index (χ0) is 18.2. The number of aromatic nitrogens is 3. The maximum absolute atomic E-state index is 13.9. The van der Waals surface area contributed by atoms with Gasteiger partial charge < -0.3 is 9.88 Å². The van der Waals surface area contributed by atoms with Gasteiger partial charge in [-0.25, -0.2) is 14.4 Å². The van der Waals surface area contributed by atoms with E-state index in [1.165, 1.54) is 24.2 Å². The fourth-order valence-electron chi connectivity index (χ4n) is 4.26. The highest BCUT2D eigenvalue weighted by Crippen LogP contribution is 2.39. The van der Waals surface area contributed by atoms with E-state index in [1.807, 2.05) is 30.5 Å². The van der Waals surface area contributed by atoms with Crippen LogP contribution >= 0.6 is 0 Å². The van der Waals surface area contributed by atoms with Crippen LogP contribution in [0.2, 0.25) is 0 Å². The van der Waals surface area contributed by atoms with Gasteiger partial charge in [0.15, 0.2) is 0 Å². The van der Waals surface area contributed by atoms with Crippen LogP contribution < -0.4 is 4.90 Å². The number of halogens is 1. The first-order chi connectivity index (χ1) is 13.3. The van der Waals surface area contributed by atoms with Crippen LogP contribution in [0.15, 0.2) is 42.6 Å². The van der Waals surface area contributed by atoms with Crippen LogP contribution in [0.4, 0.5) is 10.2 Å². The lowest BCUT2D eigenvalue weighted by Gasteiger charge is -2.21. The number of hydrogen-bond acceptors (Lipinski definition) is 3. The molecule has 1 saturated heterocycles. The van der Waals surface area contributed by atoms with Gasteiger partial charge in [0.1, 0.15) is 17.8 Å². The molecule has 27 heavy (non-hydrogen) atoms. The second-order valence-electron chi connectivity index (χ2n) is 7.47. The Balaban J connectivity index is 1.69. The van der Waals surface area contributed by atoms with Crippen molar-refractivity contribution in [2.75, 3.05) is 18.0 Å². The predicted molar refractivity (Wildman–Crippen MR) is 106 cm³/mol. The molecule has 0 radical (unpaired) electrons. The number of imidazole rings is 1. The number of rotatable bonds is 3. The average molecular weight is 362 g/mol. The predicted octanol–water partition coefficient (Wildman–Crippen LogP) is 4.57. The number of H-pyrrole nitrogens is 1. The standard InChI is InChI=1S/C22H23FN4/c23-16-11-13-27(14-16)22-20(21-25-18-8-4-5-9-19(18)26-21)17(10-12-24-22)15-6-2-1-3-7-15/h1-3,6-7,10,12,16H,4-5,8-9,11,13-14H2,(H,25,26). The van der Waals surface area contributed by atoms with E-state index in [0.717, 1.165) is 41.2 Å². The number of anilines is 1. The molecule has 1 atom stereocenters. The van der Waals surface area contributed by atoms with Crippen molar-refractivity contribution in [2.45, 2.75) is 38.3 Å². The van der Waals surface area contributed by atoms with Crippen LogP contribution in [-0.2, 0) is 12.8 Å². The molecule has 0 spiro atoms. The molecule has 3 aromatic rings. The number of aromatic amines is 1. The molecule has 1 aliphatic carbocycles. The van der Waals surface area contributed by atoms with E-state index in [0.29, 0.717) is 19.5 Å². The van der Waals surface area contributed by atoms with Crippen LogP contribution in [0.5, 0.6) is 0 Å². The van der Waals surface area contributed by atoms with Crippen LogP contribution in [0, 0.1) is 0 Å². The van der Waals surface area contributed by atoms with Gasteiger partial charge in [-0.3, -0.25) is 0 Å². The first-order valence-electron chi connectivity index (χ1n) is 9.81. The first-order valence-corrected chi connectivity index (χ1v) is 9.81. The maximum atomic E-state index is 13.9. The number of nitrogens with zero attached hydrogens (tertiary/aromatic N) is 3. The molecule has 1 fully saturated rings. The topological polar surface area (TPSA) is 44.8 Å². The summed E-state index contributed by atoms with van der Waals surface area (Å²) in [4.78, 5) is 15.2. The number of benzene rings is 1. The summed E-state index contributed by atoms with van der Waals surface area (Å²) in [5.74, 6) is 1.70. The number of pyridine rings is 1. The van der Waals surface area contributed by atoms with E-state index < -0.39 is 6.17 Å². The second-order valence-corrected chi connectivity index (χ2v) is 7.47. The molecule has 4 nitrogen and oxygen atoms in total. The molecule has 0 amide bonds. The summed E-state index contributed by atoms with van der Waals surface area (Å²) in [6.45, 7) is 1.10. The number of hydrogen-bond donors (Lipinski definition) is 1. The normalized spacial score (nSPS) is 19.3. The van der Waals surface area contributed by atoms with Crippen molar-refractivity contribution in [3.8, 4) is 22.5 Å². The Kier molecular flexibility index (Phi) is 4.15. The van der Waals surface area contributed by atoms with Crippen LogP contribution in [0.1, 0.15) is 30.7 Å². The summed E-state index contributed by atoms with van der Waals surface area (Å²) in [6, 6.07) is 12.4. The van der Waals surface area contributed by atoms with Crippen LogP contribution in [0.25, 0.3) is 22.5 Å². The number of nitrogens with one attached hydrogen (secondary N) is 1. The van der Waals surface area contributed by atoms with Gasteiger partial charge in [0.25, 0.3) is 0 Å². The number of alkyl halides is 1. The maximum Gasteiger partial charge on any atom is 0.142 e. The molecular weight excluding hydrogens is 339 g/mol. The van der Waals surface area contributed by atoms with E-state index >= 15 is 0 Å². The fourth-order valence-corrected chi connectivity index (χ4v) is 4.26. The summed E-state index contributed by atoms with van der Waals surface area (Å²) in [6.07, 6.45) is 6.08. The van der Waals surface area contributed by atoms with Crippen molar-refractivity contribution in [3.63, 3.8) is 0 Å². The molecule has 1 N–H and O–H groups in total. The van der Waals surface area contributed by atoms with Crippen molar-refractivity contribution in [1.82, 2.24) is 15.0 Å². The quantitative estimate of drug-likeness (QED) is 0.742. The third-order valence-corrected chi connectivity index (χ3v) is 5.64. The highest BCUT2D eigenvalue weighted by Gasteiger charge is 2.28. The summed E-state index contributed by atoms with van der Waals surface area (Å²) in [5.41, 5.74) is 5.63. The SMILES string of the molecule is FC1CCN(c2nccc(-c3ccccc3)c2-c2nc3c([nH]2)CCCC3)C1. The molecular formula is C22H23FN4. The van der Waals surface area contributed by atoms with Gasteiger partial charge in [0.2, 0.25) is 0 Å². The zero-order valence-corrected chi connectivity index (χ0v) is 15.3. The minimum atomic E-state index is -0.787. The highest BCUT2D eigenvalue weighted by atomic mass is 19.1. The number of aryl methyl sites for hydroxylation is 2. The molecule has 1 aromatic carbocycles. The molecule has 2 aliphatic rings. The lowest BCUT2D eigenvalue weighted by Crippen LogP contribution is -2.22. The van der Waals surface area contributed by atoms with Gasteiger partial charge in [-0.15, -0.1) is 0 Å². The van der Waals surface area contributed by atoms with Gasteiger partial charge in [0.05, 0.1) is 17.8 Å². The van der Waals surface area contributed by atoms with Crippen LogP contribution in [0.3, 0.4) is 0 Å². The van der Waals surface area contributed by atoms with E-state index in [2.05, 4.69) is 27.0 Å². The third kappa shape index (κ3) is 3.01. The Morgan fingerprint density at radius 1 is 1.07 bits per heavy atom. The lowest BCUT2D eigenvalue weighted by atomic mass is 10.00. The van der Waals surface area contributed by atoms with Crippen molar-refractivity contribution in [2.24, 2.45) is 0 Å². The molecule has 1 unspecified atom stereocenters. The van der Waals surface area contributed by atoms with E-state index in [4.69, 9.17) is 4.98 Å². The van der Waals surface area contributed by atoms with Gasteiger partial charge in [-0.2, -0.15) is 0 Å². The van der Waals surface area contributed by atoms with Crippen molar-refractivity contribution >= 4 is 5.82 Å². The number of fused-ring (bicyclic) bond motifs is 1. The molecule has 0 bridgehead atoms. The van der Waals surface area contributed by atoms with E-state index in [-0.39, 0.29) is 0 Å². The van der Waals surface area contributed by atoms with Crippen molar-refractivity contribution in [3.05, 3.63) is 54.0 Å². The molecule has 5 heteroatoms. The molecule has 0 saturated carbocycles. The fraction of sp³-hybridized carbons (Fsp3) is 0.364. The lowest BCUT2D eigenvalue weighted by molar-refractivity contribution is 0.364. The van der Waals surface area contributed by atoms with Gasteiger partial charge in [-0.1, -0.05) is 30.3 Å². The average Bonchev–Trinajstić information content (AvgIpc) is 3.34. The Morgan fingerprint density at radius 2 is 1.93 bits per heavy atom. The van der Waals surface area contributed by atoms with E-state index in [9.17, 15) is 4.39 Å². The van der Waals surface area contributed by atoms with Gasteiger partial charge in [-0.05, 0) is 49.3 Å². The second kappa shape index (κ2) is 6.80. The van der Waals surface area contributed by atoms with Crippen molar-refractivity contribution in [1.29, 1.82) is 0 Å². The van der Waals surface area contributed by atoms with Crippen molar-refractivity contribution < 1.29 is 4.39 Å². The van der Waals surface area contributed by atoms with Crippen LogP contribution in [-0.4, -0.2) is 34.2 Å². The summed E-state index contributed by atoms with van der Waals surface area (Å²) in [5, 5.41) is 0. The zero-order valence-electron chi connectivity index (χ0n) is 15.3. The molecule has 5 rings (SSSR count). The first kappa shape index (κ1) is 16.5. The minimum absolute atomic E-state index is 0.401. The Bertz CT molecular complexity index is 927. The summed E-state index contributed by atoms with van der Waals surface area (Å²) < 4.78 is 13.9. The monoisotopic (exact) mass is 362 g/mol. The Morgan fingerprint density at radius 3 is 2.70 bits per heavy atom. The van der Waals surface area contributed by atoms with Gasteiger partial charge >= 0.3 is 0 Å².